The molecule has 0 radical (unpaired) electrons. The van der Waals surface area contributed by atoms with Gasteiger partial charge in [-0.2, -0.15) is 4.89 Å². The van der Waals surface area contributed by atoms with Gasteiger partial charge in [-0.3, -0.25) is 0 Å². The van der Waals surface area contributed by atoms with Crippen LogP contribution in [0.1, 0.15) is 26.7 Å². The van der Waals surface area contributed by atoms with Crippen LogP contribution >= 0.6 is 8.03 Å². The lowest BCUT2D eigenvalue weighted by Gasteiger charge is -2.14. The second kappa shape index (κ2) is 4.02. The van der Waals surface area contributed by atoms with Crippen molar-refractivity contribution in [2.24, 2.45) is 0 Å². The molecule has 0 amide bonds. The monoisotopic (exact) mass is 165 g/mol. The zero-order valence-electron chi connectivity index (χ0n) is 6.63. The molecule has 60 valence electrons. The Morgan fingerprint density at radius 3 is 1.90 bits per heavy atom. The summed E-state index contributed by atoms with van der Waals surface area (Å²) in [6.45, 7) is 3.69. The fraction of sp³-hybridized carbons (Fsp3) is 1.00. The number of hydrogen-bond acceptors (Lipinski definition) is 2. The molecule has 0 rings (SSSR count). The molecular formula is C6H14O3P+. The van der Waals surface area contributed by atoms with Crippen LogP contribution < -0.4 is 0 Å². The molecule has 0 aliphatic rings. The Hall–Kier alpha value is 0.0200. The molecule has 1 N–H and O–H groups in total. The van der Waals surface area contributed by atoms with Gasteiger partial charge < -0.3 is 4.74 Å². The SMILES string of the molecule is CCC(CC)(OC)[P+](=O)O. The van der Waals surface area contributed by atoms with Crippen LogP contribution in [-0.2, 0) is 9.30 Å². The Morgan fingerprint density at radius 1 is 1.50 bits per heavy atom. The molecular weight excluding hydrogens is 151 g/mol. The molecule has 10 heavy (non-hydrogen) atoms. The average molecular weight is 165 g/mol. The lowest BCUT2D eigenvalue weighted by molar-refractivity contribution is 0.0487. The zero-order chi connectivity index (χ0) is 8.20. The summed E-state index contributed by atoms with van der Waals surface area (Å²) in [6.07, 6.45) is 1.15. The van der Waals surface area contributed by atoms with Crippen molar-refractivity contribution in [2.45, 2.75) is 32.0 Å². The molecule has 0 saturated heterocycles. The van der Waals surface area contributed by atoms with Crippen molar-refractivity contribution in [3.8, 4) is 0 Å². The molecule has 3 nitrogen and oxygen atoms in total. The molecule has 1 atom stereocenters. The van der Waals surface area contributed by atoms with Crippen molar-refractivity contribution in [3.05, 3.63) is 0 Å². The molecule has 0 fully saturated rings. The van der Waals surface area contributed by atoms with E-state index in [0.717, 1.165) is 0 Å². The maximum atomic E-state index is 10.7. The van der Waals surface area contributed by atoms with Gasteiger partial charge in [0.15, 0.2) is 0 Å². The fourth-order valence-corrected chi connectivity index (χ4v) is 1.58. The van der Waals surface area contributed by atoms with E-state index in [1.165, 1.54) is 7.11 Å². The highest BCUT2D eigenvalue weighted by molar-refractivity contribution is 7.39. The quantitative estimate of drug-likeness (QED) is 0.647. The van der Waals surface area contributed by atoms with E-state index in [0.29, 0.717) is 12.8 Å². The first-order valence-corrected chi connectivity index (χ1v) is 4.55. The van der Waals surface area contributed by atoms with Gasteiger partial charge in [0.1, 0.15) is 0 Å². The van der Waals surface area contributed by atoms with Crippen LogP contribution in [0.25, 0.3) is 0 Å². The maximum Gasteiger partial charge on any atom is 0.541 e. The third kappa shape index (κ3) is 1.75. The van der Waals surface area contributed by atoms with E-state index < -0.39 is 13.4 Å². The third-order valence-electron chi connectivity index (χ3n) is 1.83. The standard InChI is InChI=1S/C6H13O3P/c1-4-6(5-2,9-3)10(7)8/h4-5H2,1-3H3/p+1. The molecule has 4 heteroatoms. The van der Waals surface area contributed by atoms with Gasteiger partial charge in [-0.25, -0.2) is 0 Å². The number of rotatable bonds is 4. The third-order valence-corrected chi connectivity index (χ3v) is 3.35. The van der Waals surface area contributed by atoms with Gasteiger partial charge in [-0.05, 0) is 4.57 Å². The summed E-state index contributed by atoms with van der Waals surface area (Å²) >= 11 is 0. The van der Waals surface area contributed by atoms with Crippen molar-refractivity contribution in [1.82, 2.24) is 0 Å². The van der Waals surface area contributed by atoms with E-state index in [1.54, 1.807) is 0 Å². The fourth-order valence-electron chi connectivity index (χ4n) is 0.887. The van der Waals surface area contributed by atoms with E-state index in [9.17, 15) is 4.57 Å². The van der Waals surface area contributed by atoms with Gasteiger partial charge in [-0.15, -0.1) is 0 Å². The predicted octanol–water partition coefficient (Wildman–Crippen LogP) is 1.88. The van der Waals surface area contributed by atoms with Crippen molar-refractivity contribution in [2.75, 3.05) is 7.11 Å². The predicted molar refractivity (Wildman–Crippen MR) is 40.1 cm³/mol. The largest absolute Gasteiger partial charge is 0.541 e. The van der Waals surface area contributed by atoms with Crippen molar-refractivity contribution in [1.29, 1.82) is 0 Å². The molecule has 0 aromatic carbocycles. The van der Waals surface area contributed by atoms with Gasteiger partial charge in [0.25, 0.3) is 5.34 Å². The minimum Gasteiger partial charge on any atom is -0.334 e. The van der Waals surface area contributed by atoms with Crippen molar-refractivity contribution in [3.63, 3.8) is 0 Å². The Kier molecular flexibility index (Phi) is 4.02. The van der Waals surface area contributed by atoms with Gasteiger partial charge in [0.2, 0.25) is 0 Å². The van der Waals surface area contributed by atoms with Crippen LogP contribution in [0.3, 0.4) is 0 Å². The Labute approximate surface area is 62.3 Å². The molecule has 0 spiro atoms. The lowest BCUT2D eigenvalue weighted by Crippen LogP contribution is -2.24. The number of ether oxygens (including phenoxy) is 1. The second-order valence-corrected chi connectivity index (χ2v) is 3.49. The van der Waals surface area contributed by atoms with E-state index in [1.807, 2.05) is 13.8 Å². The molecule has 1 unspecified atom stereocenters. The highest BCUT2D eigenvalue weighted by Gasteiger charge is 2.46. The second-order valence-electron chi connectivity index (χ2n) is 2.13. The summed E-state index contributed by atoms with van der Waals surface area (Å²) in [4.78, 5) is 8.85. The maximum absolute atomic E-state index is 10.7. The normalized spacial score (nSPS) is 13.4. The van der Waals surface area contributed by atoms with Gasteiger partial charge >= 0.3 is 8.03 Å². The molecule has 0 aliphatic heterocycles. The smallest absolute Gasteiger partial charge is 0.334 e. The summed E-state index contributed by atoms with van der Waals surface area (Å²) in [7, 11) is -0.752. The number of methoxy groups -OCH3 is 1. The first-order valence-electron chi connectivity index (χ1n) is 3.34. The molecule has 0 saturated carbocycles. The van der Waals surface area contributed by atoms with Gasteiger partial charge in [0.05, 0.1) is 0 Å². The first-order chi connectivity index (χ1) is 4.63. The van der Waals surface area contributed by atoms with Crippen molar-refractivity contribution >= 4 is 8.03 Å². The van der Waals surface area contributed by atoms with E-state index in [-0.39, 0.29) is 0 Å². The molecule has 0 bridgehead atoms. The Bertz CT molecular complexity index is 112. The zero-order valence-corrected chi connectivity index (χ0v) is 7.52. The summed E-state index contributed by atoms with van der Waals surface area (Å²) in [5.41, 5.74) is 0. The highest BCUT2D eigenvalue weighted by atomic mass is 31.1. The van der Waals surface area contributed by atoms with Crippen LogP contribution in [0.15, 0.2) is 0 Å². The van der Waals surface area contributed by atoms with Gasteiger partial charge in [-0.1, -0.05) is 13.8 Å². The molecule has 0 aromatic heterocycles. The highest BCUT2D eigenvalue weighted by Crippen LogP contribution is 2.41. The van der Waals surface area contributed by atoms with E-state index in [2.05, 4.69) is 0 Å². The van der Waals surface area contributed by atoms with Crippen LogP contribution in [0.2, 0.25) is 0 Å². The summed E-state index contributed by atoms with van der Waals surface area (Å²) < 4.78 is 15.7. The average Bonchev–Trinajstić information content (AvgIpc) is 1.92. The van der Waals surface area contributed by atoms with Crippen LogP contribution in [0.4, 0.5) is 0 Å². The van der Waals surface area contributed by atoms with Crippen LogP contribution in [0.5, 0.6) is 0 Å². The van der Waals surface area contributed by atoms with E-state index in [4.69, 9.17) is 9.63 Å². The first kappa shape index (κ1) is 10.0. The number of hydrogen-bond donors (Lipinski definition) is 1. The molecule has 0 aromatic rings. The summed E-state index contributed by atoms with van der Waals surface area (Å²) in [5.74, 6) is 0. The van der Waals surface area contributed by atoms with E-state index >= 15 is 0 Å². The summed E-state index contributed by atoms with van der Waals surface area (Å²) in [5, 5.41) is -0.810. The van der Waals surface area contributed by atoms with Crippen molar-refractivity contribution < 1.29 is 14.2 Å². The van der Waals surface area contributed by atoms with Crippen LogP contribution in [-0.4, -0.2) is 17.3 Å². The molecule has 0 aliphatic carbocycles. The minimum atomic E-state index is -2.22. The Balaban J connectivity index is 4.31. The lowest BCUT2D eigenvalue weighted by atomic mass is 10.2. The minimum absolute atomic E-state index is 0.575. The van der Waals surface area contributed by atoms with Crippen LogP contribution in [0, 0.1) is 0 Å². The molecule has 0 heterocycles. The topological polar surface area (TPSA) is 46.5 Å². The summed E-state index contributed by atoms with van der Waals surface area (Å²) in [6, 6.07) is 0. The Morgan fingerprint density at radius 2 is 1.90 bits per heavy atom. The van der Waals surface area contributed by atoms with Gasteiger partial charge in [0, 0.05) is 20.0 Å².